The average Bonchev–Trinajstić information content (AvgIpc) is 2.62. The van der Waals surface area contributed by atoms with Crippen LogP contribution < -0.4 is 0 Å². The van der Waals surface area contributed by atoms with E-state index in [0.717, 1.165) is 19.5 Å². The molecule has 1 rings (SSSR count). The van der Waals surface area contributed by atoms with Gasteiger partial charge in [-0.1, -0.05) is 0 Å². The summed E-state index contributed by atoms with van der Waals surface area (Å²) in [6.07, 6.45) is 5.79. The highest BCUT2D eigenvalue weighted by Gasteiger charge is 2.32. The summed E-state index contributed by atoms with van der Waals surface area (Å²) in [4.78, 5) is 2.06. The lowest BCUT2D eigenvalue weighted by atomic mass is 10.4. The summed E-state index contributed by atoms with van der Waals surface area (Å²) in [7, 11) is 0. The minimum atomic E-state index is 0.165. The van der Waals surface area contributed by atoms with E-state index in [1.807, 2.05) is 0 Å². The smallest absolute Gasteiger partial charge is 0.111 e. The van der Waals surface area contributed by atoms with Crippen molar-refractivity contribution in [1.29, 1.82) is 5.26 Å². The quantitative estimate of drug-likeness (QED) is 0.385. The molecule has 1 aliphatic rings. The van der Waals surface area contributed by atoms with Crippen molar-refractivity contribution in [3.05, 3.63) is 0 Å². The molecule has 46 valence electrons. The lowest BCUT2D eigenvalue weighted by Crippen LogP contribution is -2.00. The van der Waals surface area contributed by atoms with Crippen LogP contribution in [-0.2, 0) is 0 Å². The summed E-state index contributed by atoms with van der Waals surface area (Å²) in [5.74, 6) is 2.53. The molecule has 1 fully saturated rings. The lowest BCUT2D eigenvalue weighted by molar-refractivity contribution is 0.548. The second kappa shape index (κ2) is 2.53. The zero-order valence-corrected chi connectivity index (χ0v) is 5.17. The van der Waals surface area contributed by atoms with Crippen LogP contribution in [-0.4, -0.2) is 24.0 Å². The molecule has 9 heavy (non-hydrogen) atoms. The summed E-state index contributed by atoms with van der Waals surface area (Å²) in [5, 5.41) is 8.33. The van der Waals surface area contributed by atoms with Crippen molar-refractivity contribution < 1.29 is 0 Å². The third-order valence-electron chi connectivity index (χ3n) is 1.41. The van der Waals surface area contributed by atoms with Crippen LogP contribution in [0.5, 0.6) is 0 Å². The Morgan fingerprint density at radius 2 is 2.56 bits per heavy atom. The highest BCUT2D eigenvalue weighted by Crippen LogP contribution is 2.14. The van der Waals surface area contributed by atoms with Gasteiger partial charge in [0, 0.05) is 19.5 Å². The summed E-state index contributed by atoms with van der Waals surface area (Å²) < 4.78 is 0. The molecule has 0 aromatic carbocycles. The van der Waals surface area contributed by atoms with Gasteiger partial charge >= 0.3 is 0 Å². The molecule has 2 heteroatoms. The zero-order valence-electron chi connectivity index (χ0n) is 5.17. The van der Waals surface area contributed by atoms with Crippen LogP contribution in [0.25, 0.3) is 0 Å². The Balaban J connectivity index is 2.09. The third kappa shape index (κ3) is 1.45. The van der Waals surface area contributed by atoms with E-state index < -0.39 is 0 Å². The maximum Gasteiger partial charge on any atom is 0.111 e. The van der Waals surface area contributed by atoms with Gasteiger partial charge in [-0.15, -0.1) is 12.3 Å². The van der Waals surface area contributed by atoms with Crippen molar-refractivity contribution in [2.24, 2.45) is 0 Å². The molecule has 0 radical (unpaired) electrons. The molecular weight excluding hydrogens is 112 g/mol. The maximum absolute atomic E-state index is 8.33. The summed E-state index contributed by atoms with van der Waals surface area (Å²) in [6, 6.07) is 2.32. The largest absolute Gasteiger partial charge is 0.283 e. The average molecular weight is 120 g/mol. The number of nitriles is 1. The number of terminal acetylenes is 1. The normalized spacial score (nSPS) is 30.4. The fourth-order valence-electron chi connectivity index (χ4n) is 0.753. The van der Waals surface area contributed by atoms with Crippen molar-refractivity contribution in [2.75, 3.05) is 13.1 Å². The Hall–Kier alpha value is -0.990. The van der Waals surface area contributed by atoms with Crippen LogP contribution in [0.15, 0.2) is 0 Å². The van der Waals surface area contributed by atoms with E-state index >= 15 is 0 Å². The molecule has 2 atom stereocenters. The first-order valence-corrected chi connectivity index (χ1v) is 2.95. The SMILES string of the molecule is C#CCCN1CC1C#N. The van der Waals surface area contributed by atoms with Gasteiger partial charge in [-0.2, -0.15) is 5.26 Å². The Morgan fingerprint density at radius 1 is 1.78 bits per heavy atom. The topological polar surface area (TPSA) is 26.8 Å². The third-order valence-corrected chi connectivity index (χ3v) is 1.41. The minimum Gasteiger partial charge on any atom is -0.283 e. The molecule has 1 aliphatic heterocycles. The van der Waals surface area contributed by atoms with Gasteiger partial charge in [-0.3, -0.25) is 4.90 Å². The van der Waals surface area contributed by atoms with Crippen LogP contribution >= 0.6 is 0 Å². The molecule has 1 heterocycles. The molecule has 2 nitrogen and oxygen atoms in total. The minimum absolute atomic E-state index is 0.165. The Morgan fingerprint density at radius 3 is 3.00 bits per heavy atom. The predicted molar refractivity (Wildman–Crippen MR) is 34.4 cm³/mol. The highest BCUT2D eigenvalue weighted by atomic mass is 15.3. The van der Waals surface area contributed by atoms with Crippen molar-refractivity contribution >= 4 is 0 Å². The van der Waals surface area contributed by atoms with E-state index in [4.69, 9.17) is 11.7 Å². The van der Waals surface area contributed by atoms with Crippen LogP contribution in [0.3, 0.4) is 0 Å². The number of hydrogen-bond acceptors (Lipinski definition) is 2. The van der Waals surface area contributed by atoms with Gasteiger partial charge in [0.1, 0.15) is 6.04 Å². The Kier molecular flexibility index (Phi) is 1.72. The first kappa shape index (κ1) is 6.13. The van der Waals surface area contributed by atoms with Gasteiger partial charge in [0.2, 0.25) is 0 Å². The predicted octanol–water partition coefficient (Wildman–Crippen LogP) is 0.217. The first-order valence-electron chi connectivity index (χ1n) is 2.95. The van der Waals surface area contributed by atoms with Crippen molar-refractivity contribution in [1.82, 2.24) is 4.90 Å². The molecule has 0 aliphatic carbocycles. The molecule has 0 saturated carbocycles. The van der Waals surface area contributed by atoms with E-state index in [0.29, 0.717) is 0 Å². The van der Waals surface area contributed by atoms with Crippen molar-refractivity contribution in [3.8, 4) is 18.4 Å². The number of nitrogens with zero attached hydrogens (tertiary/aromatic N) is 2. The van der Waals surface area contributed by atoms with Gasteiger partial charge in [0.25, 0.3) is 0 Å². The molecule has 0 aromatic rings. The van der Waals surface area contributed by atoms with Gasteiger partial charge < -0.3 is 0 Å². The van der Waals surface area contributed by atoms with Crippen LogP contribution in [0.1, 0.15) is 6.42 Å². The fraction of sp³-hybridized carbons (Fsp3) is 0.571. The summed E-state index contributed by atoms with van der Waals surface area (Å²) in [6.45, 7) is 1.80. The fourth-order valence-corrected chi connectivity index (χ4v) is 0.753. The van der Waals surface area contributed by atoms with Gasteiger partial charge in [-0.05, 0) is 0 Å². The number of rotatable bonds is 2. The van der Waals surface area contributed by atoms with Crippen LogP contribution in [0.2, 0.25) is 0 Å². The molecule has 1 saturated heterocycles. The zero-order chi connectivity index (χ0) is 6.69. The monoisotopic (exact) mass is 120 g/mol. The second-order valence-corrected chi connectivity index (χ2v) is 2.09. The summed E-state index contributed by atoms with van der Waals surface area (Å²) in [5.41, 5.74) is 0. The van der Waals surface area contributed by atoms with E-state index in [1.54, 1.807) is 0 Å². The van der Waals surface area contributed by atoms with Gasteiger partial charge in [0.15, 0.2) is 0 Å². The molecule has 0 N–H and O–H groups in total. The van der Waals surface area contributed by atoms with E-state index in [2.05, 4.69) is 16.9 Å². The van der Waals surface area contributed by atoms with Crippen molar-refractivity contribution in [3.63, 3.8) is 0 Å². The molecule has 0 bridgehead atoms. The van der Waals surface area contributed by atoms with Crippen molar-refractivity contribution in [2.45, 2.75) is 12.5 Å². The first-order chi connectivity index (χ1) is 4.38. The maximum atomic E-state index is 8.33. The number of hydrogen-bond donors (Lipinski definition) is 0. The van der Waals surface area contributed by atoms with Crippen LogP contribution in [0.4, 0.5) is 0 Å². The Bertz CT molecular complexity index is 172. The van der Waals surface area contributed by atoms with E-state index in [9.17, 15) is 0 Å². The molecule has 2 unspecified atom stereocenters. The molecule has 0 aromatic heterocycles. The Labute approximate surface area is 55.1 Å². The molecule has 0 amide bonds. The van der Waals surface area contributed by atoms with Gasteiger partial charge in [-0.25, -0.2) is 0 Å². The van der Waals surface area contributed by atoms with E-state index in [-0.39, 0.29) is 6.04 Å². The van der Waals surface area contributed by atoms with Gasteiger partial charge in [0.05, 0.1) is 6.07 Å². The standard InChI is InChI=1S/C7H8N2/c1-2-3-4-9-6-7(9)5-8/h1,7H,3-4,6H2. The lowest BCUT2D eigenvalue weighted by Gasteiger charge is -1.91. The molecule has 0 spiro atoms. The second-order valence-electron chi connectivity index (χ2n) is 2.09. The van der Waals surface area contributed by atoms with Crippen LogP contribution in [0, 0.1) is 23.7 Å². The molecular formula is C7H8N2. The van der Waals surface area contributed by atoms with E-state index in [1.165, 1.54) is 0 Å². The summed E-state index contributed by atoms with van der Waals surface area (Å²) >= 11 is 0. The highest BCUT2D eigenvalue weighted by molar-refractivity contribution is 5.06.